The van der Waals surface area contributed by atoms with E-state index in [4.69, 9.17) is 0 Å². The molecule has 0 bridgehead atoms. The number of esters is 2. The maximum atomic E-state index is 11.2. The molecule has 1 rings (SSSR count). The van der Waals surface area contributed by atoms with E-state index in [2.05, 4.69) is 9.47 Å². The van der Waals surface area contributed by atoms with Crippen molar-refractivity contribution in [1.29, 1.82) is 0 Å². The lowest BCUT2D eigenvalue weighted by Crippen LogP contribution is -2.07. The molecule has 16 heavy (non-hydrogen) atoms. The van der Waals surface area contributed by atoms with Crippen LogP contribution in [0.15, 0.2) is 12.1 Å². The van der Waals surface area contributed by atoms with Crippen LogP contribution < -0.4 is 0 Å². The molecule has 0 amide bonds. The second-order valence-corrected chi connectivity index (χ2v) is 2.87. The maximum absolute atomic E-state index is 11.2. The van der Waals surface area contributed by atoms with Crippen LogP contribution in [0.5, 0.6) is 11.5 Å². The van der Waals surface area contributed by atoms with E-state index >= 15 is 0 Å². The Morgan fingerprint density at radius 1 is 0.938 bits per heavy atom. The van der Waals surface area contributed by atoms with Crippen molar-refractivity contribution < 1.29 is 29.3 Å². The Morgan fingerprint density at radius 3 is 1.62 bits per heavy atom. The van der Waals surface area contributed by atoms with E-state index in [1.165, 1.54) is 0 Å². The van der Waals surface area contributed by atoms with Gasteiger partial charge < -0.3 is 19.7 Å². The number of phenolic OH excluding ortho intramolecular Hbond substituents is 2. The Hall–Kier alpha value is -2.24. The quantitative estimate of drug-likeness (QED) is 0.720. The van der Waals surface area contributed by atoms with Crippen LogP contribution >= 0.6 is 0 Å². The standard InChI is InChI=1S/C10H10O6/c1-15-9(13)5-3-6(10(14)16-2)8(12)4-7(5)11/h3-4,11-12H,1-2H3. The van der Waals surface area contributed by atoms with Crippen molar-refractivity contribution in [2.75, 3.05) is 14.2 Å². The topological polar surface area (TPSA) is 93.1 Å². The van der Waals surface area contributed by atoms with Gasteiger partial charge in [-0.25, -0.2) is 9.59 Å². The largest absolute Gasteiger partial charge is 0.507 e. The molecule has 0 saturated carbocycles. The molecule has 86 valence electrons. The molecule has 0 radical (unpaired) electrons. The van der Waals surface area contributed by atoms with Gasteiger partial charge in [-0.2, -0.15) is 0 Å². The zero-order valence-corrected chi connectivity index (χ0v) is 8.68. The molecular formula is C10H10O6. The van der Waals surface area contributed by atoms with Gasteiger partial charge in [0.1, 0.15) is 22.6 Å². The predicted molar refractivity (Wildman–Crippen MR) is 52.5 cm³/mol. The summed E-state index contributed by atoms with van der Waals surface area (Å²) in [6.45, 7) is 0. The molecule has 0 atom stereocenters. The first-order chi connectivity index (χ1) is 7.51. The fraction of sp³-hybridized carbons (Fsp3) is 0.200. The average Bonchev–Trinajstić information content (AvgIpc) is 2.27. The first-order valence-electron chi connectivity index (χ1n) is 4.23. The monoisotopic (exact) mass is 226 g/mol. The Morgan fingerprint density at radius 2 is 1.31 bits per heavy atom. The second kappa shape index (κ2) is 4.52. The van der Waals surface area contributed by atoms with Crippen molar-refractivity contribution in [3.8, 4) is 11.5 Å². The normalized spacial score (nSPS) is 9.62. The zero-order valence-electron chi connectivity index (χ0n) is 8.68. The third-order valence-electron chi connectivity index (χ3n) is 1.92. The van der Waals surface area contributed by atoms with Crippen LogP contribution in [0.3, 0.4) is 0 Å². The van der Waals surface area contributed by atoms with Gasteiger partial charge in [0.15, 0.2) is 0 Å². The van der Waals surface area contributed by atoms with E-state index in [9.17, 15) is 19.8 Å². The molecule has 0 saturated heterocycles. The number of rotatable bonds is 2. The van der Waals surface area contributed by atoms with E-state index in [1.807, 2.05) is 0 Å². The molecular weight excluding hydrogens is 216 g/mol. The van der Waals surface area contributed by atoms with Crippen molar-refractivity contribution in [3.05, 3.63) is 23.3 Å². The van der Waals surface area contributed by atoms with E-state index in [1.54, 1.807) is 0 Å². The summed E-state index contributed by atoms with van der Waals surface area (Å²) < 4.78 is 8.79. The molecule has 0 aromatic heterocycles. The van der Waals surface area contributed by atoms with Crippen molar-refractivity contribution in [2.45, 2.75) is 0 Å². The minimum Gasteiger partial charge on any atom is -0.507 e. The van der Waals surface area contributed by atoms with Gasteiger partial charge in [-0.05, 0) is 6.07 Å². The van der Waals surface area contributed by atoms with Gasteiger partial charge in [-0.1, -0.05) is 0 Å². The van der Waals surface area contributed by atoms with E-state index in [0.29, 0.717) is 0 Å². The molecule has 0 fully saturated rings. The van der Waals surface area contributed by atoms with Crippen LogP contribution in [0.1, 0.15) is 20.7 Å². The van der Waals surface area contributed by atoms with Crippen molar-refractivity contribution in [3.63, 3.8) is 0 Å². The van der Waals surface area contributed by atoms with Crippen molar-refractivity contribution in [1.82, 2.24) is 0 Å². The number of hydrogen-bond donors (Lipinski definition) is 2. The number of hydrogen-bond acceptors (Lipinski definition) is 6. The van der Waals surface area contributed by atoms with Crippen LogP contribution in [0.4, 0.5) is 0 Å². The fourth-order valence-electron chi connectivity index (χ4n) is 1.12. The molecule has 0 aliphatic heterocycles. The van der Waals surface area contributed by atoms with Gasteiger partial charge in [0, 0.05) is 6.07 Å². The third-order valence-corrected chi connectivity index (χ3v) is 1.92. The minimum atomic E-state index is -0.817. The number of carbonyl (C=O) groups is 2. The fourth-order valence-corrected chi connectivity index (χ4v) is 1.12. The molecule has 6 nitrogen and oxygen atoms in total. The first-order valence-corrected chi connectivity index (χ1v) is 4.23. The van der Waals surface area contributed by atoms with Crippen LogP contribution in [0, 0.1) is 0 Å². The average molecular weight is 226 g/mol. The first kappa shape index (κ1) is 11.8. The third kappa shape index (κ3) is 2.05. The van der Waals surface area contributed by atoms with Gasteiger partial charge in [0.2, 0.25) is 0 Å². The highest BCUT2D eigenvalue weighted by Crippen LogP contribution is 2.28. The molecule has 0 heterocycles. The van der Waals surface area contributed by atoms with Crippen LogP contribution in [-0.4, -0.2) is 36.4 Å². The molecule has 0 spiro atoms. The maximum Gasteiger partial charge on any atom is 0.341 e. The van der Waals surface area contributed by atoms with Gasteiger partial charge in [0.25, 0.3) is 0 Å². The number of ether oxygens (including phenoxy) is 2. The smallest absolute Gasteiger partial charge is 0.341 e. The summed E-state index contributed by atoms with van der Waals surface area (Å²) in [4.78, 5) is 22.4. The molecule has 0 aliphatic carbocycles. The van der Waals surface area contributed by atoms with Crippen molar-refractivity contribution >= 4 is 11.9 Å². The lowest BCUT2D eigenvalue weighted by atomic mass is 10.1. The second-order valence-electron chi connectivity index (χ2n) is 2.87. The summed E-state index contributed by atoms with van der Waals surface area (Å²) in [5, 5.41) is 18.7. The summed E-state index contributed by atoms with van der Waals surface area (Å²) in [7, 11) is 2.26. The van der Waals surface area contributed by atoms with Crippen LogP contribution in [0.25, 0.3) is 0 Å². The Balaban J connectivity index is 3.32. The number of methoxy groups -OCH3 is 2. The summed E-state index contributed by atoms with van der Waals surface area (Å²) in [5.41, 5.74) is -0.443. The Labute approximate surface area is 91.0 Å². The summed E-state index contributed by atoms with van der Waals surface area (Å²) in [6.07, 6.45) is 0. The zero-order chi connectivity index (χ0) is 12.3. The van der Waals surface area contributed by atoms with Crippen molar-refractivity contribution in [2.24, 2.45) is 0 Å². The Bertz CT molecular complexity index is 400. The summed E-state index contributed by atoms with van der Waals surface area (Å²) in [6, 6.07) is 1.88. The van der Waals surface area contributed by atoms with Crippen LogP contribution in [0.2, 0.25) is 0 Å². The van der Waals surface area contributed by atoms with E-state index in [0.717, 1.165) is 26.4 Å². The highest BCUT2D eigenvalue weighted by Gasteiger charge is 2.19. The lowest BCUT2D eigenvalue weighted by molar-refractivity contribution is 0.0595. The van der Waals surface area contributed by atoms with Crippen LogP contribution in [-0.2, 0) is 9.47 Å². The number of benzene rings is 1. The molecule has 0 unspecified atom stereocenters. The number of aromatic hydroxyl groups is 2. The number of phenols is 2. The highest BCUT2D eigenvalue weighted by atomic mass is 16.5. The van der Waals surface area contributed by atoms with E-state index < -0.39 is 23.4 Å². The lowest BCUT2D eigenvalue weighted by Gasteiger charge is -2.07. The molecule has 1 aromatic carbocycles. The van der Waals surface area contributed by atoms with Gasteiger partial charge in [-0.15, -0.1) is 0 Å². The van der Waals surface area contributed by atoms with E-state index in [-0.39, 0.29) is 11.1 Å². The molecule has 2 N–H and O–H groups in total. The minimum absolute atomic E-state index is 0.222. The van der Waals surface area contributed by atoms with Gasteiger partial charge in [-0.3, -0.25) is 0 Å². The summed E-state index contributed by atoms with van der Waals surface area (Å²) in [5.74, 6) is -2.58. The molecule has 6 heteroatoms. The van der Waals surface area contributed by atoms with Gasteiger partial charge in [0.05, 0.1) is 14.2 Å². The SMILES string of the molecule is COC(=O)c1cc(C(=O)OC)c(O)cc1O. The summed E-state index contributed by atoms with van der Waals surface area (Å²) >= 11 is 0. The predicted octanol–water partition coefficient (Wildman–Crippen LogP) is 0.671. The molecule has 0 aliphatic rings. The highest BCUT2D eigenvalue weighted by molar-refractivity contribution is 5.99. The Kier molecular flexibility index (Phi) is 3.34. The van der Waals surface area contributed by atoms with Gasteiger partial charge >= 0.3 is 11.9 Å². The number of carbonyl (C=O) groups excluding carboxylic acids is 2. The molecule has 1 aromatic rings.